The van der Waals surface area contributed by atoms with Gasteiger partial charge in [-0.2, -0.15) is 0 Å². The molecule has 0 rings (SSSR count). The summed E-state index contributed by atoms with van der Waals surface area (Å²) < 4.78 is 68.6. The van der Waals surface area contributed by atoms with Gasteiger partial charge in [-0.1, -0.05) is 389 Å². The highest BCUT2D eigenvalue weighted by Crippen LogP contribution is 2.45. The standard InChI is InChI=1S/C84H164O17P2/c1-8-12-13-14-41-51-58-65-81(86)94-71-79(101-84(89)68-61-54-47-40-39-44-50-57-64-77(7)11-4)73-98-102(90,91)96-69-78(85)70-97-103(92,93)99-74-80(100-83(88)67-60-53-46-38-34-30-26-22-18-16-20-24-28-32-36-43-49-56-63-76(6)10-3)72-95-82(87)66-59-52-45-37-33-29-25-21-17-15-19-23-27-31-35-42-48-55-62-75(5)9-2/h75-80,85H,8-74H2,1-7H3,(H,90,91)(H,92,93)/t75?,76?,77?,78-,79+,80+/m0/s1. The van der Waals surface area contributed by atoms with Crippen molar-refractivity contribution in [1.82, 2.24) is 0 Å². The zero-order chi connectivity index (χ0) is 75.8. The van der Waals surface area contributed by atoms with Crippen molar-refractivity contribution in [1.29, 1.82) is 0 Å². The number of unbranched alkanes of at least 4 members (excludes halogenated alkanes) is 47. The number of hydrogen-bond acceptors (Lipinski definition) is 15. The SMILES string of the molecule is CCCCCCCCCC(=O)OC[C@H](COP(=O)(O)OC[C@H](O)COP(=O)(O)OC[C@@H](COC(=O)CCCCCCCCCCCCCCCCCCCCC(C)CC)OC(=O)CCCCCCCCCCCCCCCCCCCCC(C)CC)OC(=O)CCCCCCCCCCC(C)CC. The molecule has 0 saturated carbocycles. The van der Waals surface area contributed by atoms with Gasteiger partial charge < -0.3 is 33.8 Å². The largest absolute Gasteiger partial charge is 0.472 e. The number of ether oxygens (including phenoxy) is 4. The van der Waals surface area contributed by atoms with Gasteiger partial charge in [0.1, 0.15) is 19.3 Å². The molecule has 0 fully saturated rings. The summed E-state index contributed by atoms with van der Waals surface area (Å²) in [7, 11) is -9.92. The highest BCUT2D eigenvalue weighted by atomic mass is 31.2. The Morgan fingerprint density at radius 3 is 0.689 bits per heavy atom. The first-order valence-corrected chi connectivity index (χ1v) is 46.5. The van der Waals surface area contributed by atoms with Crippen LogP contribution in [0.5, 0.6) is 0 Å². The second kappa shape index (κ2) is 74.2. The van der Waals surface area contributed by atoms with Gasteiger partial charge in [0.25, 0.3) is 0 Å². The Bertz CT molecular complexity index is 2000. The van der Waals surface area contributed by atoms with Gasteiger partial charge in [0.15, 0.2) is 12.2 Å². The normalized spacial score (nSPS) is 14.7. The van der Waals surface area contributed by atoms with Gasteiger partial charge >= 0.3 is 39.5 Å². The lowest BCUT2D eigenvalue weighted by atomic mass is 9.99. The molecule has 17 nitrogen and oxygen atoms in total. The number of esters is 4. The number of carbonyl (C=O) groups excluding carboxylic acids is 4. The molecule has 0 bridgehead atoms. The van der Waals surface area contributed by atoms with Crippen molar-refractivity contribution >= 4 is 39.5 Å². The predicted octanol–water partition coefficient (Wildman–Crippen LogP) is 25.3. The summed E-state index contributed by atoms with van der Waals surface area (Å²) in [6.45, 7) is 12.0. The van der Waals surface area contributed by atoms with Gasteiger partial charge in [0.05, 0.1) is 26.4 Å². The third-order valence-electron chi connectivity index (χ3n) is 20.7. The van der Waals surface area contributed by atoms with Crippen LogP contribution in [0.15, 0.2) is 0 Å². The van der Waals surface area contributed by atoms with Crippen LogP contribution in [-0.2, 0) is 65.4 Å². The number of aliphatic hydroxyl groups excluding tert-OH is 1. The van der Waals surface area contributed by atoms with E-state index < -0.39 is 97.5 Å². The third-order valence-corrected chi connectivity index (χ3v) is 22.6. The minimum Gasteiger partial charge on any atom is -0.462 e. The lowest BCUT2D eigenvalue weighted by molar-refractivity contribution is -0.161. The van der Waals surface area contributed by atoms with Crippen LogP contribution < -0.4 is 0 Å². The molecular formula is C84H164O17P2. The number of phosphoric acid groups is 2. The van der Waals surface area contributed by atoms with Crippen LogP contribution in [-0.4, -0.2) is 96.7 Å². The first-order valence-electron chi connectivity index (χ1n) is 43.5. The minimum absolute atomic E-state index is 0.105. The summed E-state index contributed by atoms with van der Waals surface area (Å²) in [4.78, 5) is 72.9. The average molecular weight is 1510 g/mol. The molecule has 0 saturated heterocycles. The van der Waals surface area contributed by atoms with Crippen LogP contribution in [0.4, 0.5) is 0 Å². The number of hydrogen-bond donors (Lipinski definition) is 3. The summed E-state index contributed by atoms with van der Waals surface area (Å²) in [5.41, 5.74) is 0. The van der Waals surface area contributed by atoms with Gasteiger partial charge in [-0.3, -0.25) is 37.3 Å². The molecule has 0 aliphatic carbocycles. The lowest BCUT2D eigenvalue weighted by Crippen LogP contribution is -2.30. The Kier molecular flexibility index (Phi) is 72.8. The van der Waals surface area contributed by atoms with Gasteiger partial charge in [0.2, 0.25) is 0 Å². The van der Waals surface area contributed by atoms with Crippen LogP contribution in [0, 0.1) is 17.8 Å². The molecule has 0 aromatic heterocycles. The van der Waals surface area contributed by atoms with Crippen LogP contribution in [0.3, 0.4) is 0 Å². The monoisotopic (exact) mass is 1510 g/mol. The van der Waals surface area contributed by atoms with Crippen molar-refractivity contribution in [3.63, 3.8) is 0 Å². The van der Waals surface area contributed by atoms with Crippen molar-refractivity contribution in [2.45, 2.75) is 458 Å². The zero-order valence-electron chi connectivity index (χ0n) is 67.8. The molecule has 3 N–H and O–H groups in total. The van der Waals surface area contributed by atoms with E-state index in [1.807, 2.05) is 0 Å². The Balaban J connectivity index is 5.15. The van der Waals surface area contributed by atoms with E-state index in [0.717, 1.165) is 120 Å². The molecule has 612 valence electrons. The highest BCUT2D eigenvalue weighted by molar-refractivity contribution is 7.47. The van der Waals surface area contributed by atoms with Crippen molar-refractivity contribution in [3.8, 4) is 0 Å². The van der Waals surface area contributed by atoms with Crippen molar-refractivity contribution < 1.29 is 80.2 Å². The smallest absolute Gasteiger partial charge is 0.462 e. The minimum atomic E-state index is -4.96. The molecule has 5 unspecified atom stereocenters. The molecule has 0 aromatic carbocycles. The van der Waals surface area contributed by atoms with Crippen LogP contribution in [0.2, 0.25) is 0 Å². The highest BCUT2D eigenvalue weighted by Gasteiger charge is 2.30. The molecule has 0 radical (unpaired) electrons. The quantitative estimate of drug-likeness (QED) is 0.0222. The molecule has 0 aliphatic rings. The van der Waals surface area contributed by atoms with Gasteiger partial charge in [-0.25, -0.2) is 9.13 Å². The topological polar surface area (TPSA) is 237 Å². The maximum Gasteiger partial charge on any atom is 0.472 e. The van der Waals surface area contributed by atoms with E-state index in [4.69, 9.17) is 37.0 Å². The van der Waals surface area contributed by atoms with Gasteiger partial charge in [0, 0.05) is 25.7 Å². The molecule has 0 spiro atoms. The van der Waals surface area contributed by atoms with Crippen molar-refractivity contribution in [3.05, 3.63) is 0 Å². The fourth-order valence-corrected chi connectivity index (χ4v) is 14.5. The first kappa shape index (κ1) is 101. The molecule has 8 atom stereocenters. The third kappa shape index (κ3) is 74.0. The molecular weight excluding hydrogens is 1340 g/mol. The van der Waals surface area contributed by atoms with E-state index in [9.17, 15) is 43.2 Å². The zero-order valence-corrected chi connectivity index (χ0v) is 69.6. The molecule has 103 heavy (non-hydrogen) atoms. The fourth-order valence-electron chi connectivity index (χ4n) is 12.9. The molecule has 0 amide bonds. The van der Waals surface area contributed by atoms with Crippen LogP contribution in [0.1, 0.15) is 440 Å². The van der Waals surface area contributed by atoms with E-state index in [2.05, 4.69) is 48.5 Å². The number of aliphatic hydroxyl groups is 1. The Morgan fingerprint density at radius 2 is 0.466 bits per heavy atom. The summed E-state index contributed by atoms with van der Waals surface area (Å²) in [6, 6.07) is 0. The Labute approximate surface area is 632 Å². The summed E-state index contributed by atoms with van der Waals surface area (Å²) in [6.07, 6.45) is 64.1. The second-order valence-corrected chi connectivity index (χ2v) is 33.9. The molecule has 0 heterocycles. The molecule has 0 aromatic rings. The van der Waals surface area contributed by atoms with Gasteiger partial charge in [-0.05, 0) is 43.4 Å². The number of rotatable bonds is 82. The van der Waals surface area contributed by atoms with Crippen molar-refractivity contribution in [2.24, 2.45) is 17.8 Å². The summed E-state index contributed by atoms with van der Waals surface area (Å²) in [5.74, 6) is 0.400. The van der Waals surface area contributed by atoms with E-state index in [-0.39, 0.29) is 25.7 Å². The maximum absolute atomic E-state index is 13.1. The van der Waals surface area contributed by atoms with E-state index >= 15 is 0 Å². The Morgan fingerprint density at radius 1 is 0.272 bits per heavy atom. The molecule has 19 heteroatoms. The fraction of sp³-hybridized carbons (Fsp3) is 0.952. The summed E-state index contributed by atoms with van der Waals surface area (Å²) in [5, 5.41) is 10.6. The van der Waals surface area contributed by atoms with Crippen LogP contribution >= 0.6 is 15.6 Å². The van der Waals surface area contributed by atoms with Gasteiger partial charge in [-0.15, -0.1) is 0 Å². The number of phosphoric ester groups is 2. The van der Waals surface area contributed by atoms with Crippen LogP contribution in [0.25, 0.3) is 0 Å². The number of carbonyl (C=O) groups is 4. The van der Waals surface area contributed by atoms with E-state index in [0.29, 0.717) is 25.7 Å². The molecule has 0 aliphatic heterocycles. The summed E-state index contributed by atoms with van der Waals surface area (Å²) >= 11 is 0. The van der Waals surface area contributed by atoms with E-state index in [1.54, 1.807) is 0 Å². The van der Waals surface area contributed by atoms with E-state index in [1.165, 1.54) is 238 Å². The average Bonchev–Trinajstić information content (AvgIpc) is 0.934. The predicted molar refractivity (Wildman–Crippen MR) is 423 cm³/mol. The maximum atomic E-state index is 13.1. The second-order valence-electron chi connectivity index (χ2n) is 30.9. The van der Waals surface area contributed by atoms with Crippen molar-refractivity contribution in [2.75, 3.05) is 39.6 Å². The first-order chi connectivity index (χ1) is 49.8. The lowest BCUT2D eigenvalue weighted by Gasteiger charge is -2.21. The Hall–Kier alpha value is -1.94.